The monoisotopic (exact) mass is 403 g/mol. The van der Waals surface area contributed by atoms with E-state index in [2.05, 4.69) is 5.32 Å². The Kier molecular flexibility index (Phi) is 7.22. The number of rotatable bonds is 7. The highest BCUT2D eigenvalue weighted by Gasteiger charge is 2.27. The van der Waals surface area contributed by atoms with E-state index in [9.17, 15) is 17.6 Å². The van der Waals surface area contributed by atoms with Crippen molar-refractivity contribution in [3.8, 4) is 0 Å². The third kappa shape index (κ3) is 6.39. The second-order valence-corrected chi connectivity index (χ2v) is 5.84. The van der Waals surface area contributed by atoms with Gasteiger partial charge < -0.3 is 5.32 Å². The molecule has 1 aromatic rings. The Morgan fingerprint density at radius 1 is 1.30 bits per heavy atom. The molecule has 1 aromatic carbocycles. The topological polar surface area (TPSA) is 12.0 Å². The molecule has 0 aliphatic rings. The van der Waals surface area contributed by atoms with Gasteiger partial charge in [-0.05, 0) is 66.1 Å². The molecule has 1 rings (SSSR count). The molecule has 0 aliphatic heterocycles. The fraction of sp³-hybridized carbons (Fsp3) is 0.571. The van der Waals surface area contributed by atoms with Gasteiger partial charge in [0, 0.05) is 16.0 Å². The largest absolute Gasteiger partial charge is 0.389 e. The number of hydrogen-bond acceptors (Lipinski definition) is 1. The third-order valence-corrected chi connectivity index (χ3v) is 3.87. The van der Waals surface area contributed by atoms with Crippen LogP contribution in [0, 0.1) is 9.39 Å². The van der Waals surface area contributed by atoms with Crippen molar-refractivity contribution in [3.63, 3.8) is 0 Å². The van der Waals surface area contributed by atoms with Crippen LogP contribution in [-0.4, -0.2) is 12.7 Å². The average Bonchev–Trinajstić information content (AvgIpc) is 2.33. The Hall–Kier alpha value is -0.370. The minimum Gasteiger partial charge on any atom is -0.310 e. The van der Waals surface area contributed by atoms with Gasteiger partial charge in [-0.3, -0.25) is 0 Å². The molecule has 1 unspecified atom stereocenters. The fourth-order valence-electron chi connectivity index (χ4n) is 1.98. The zero-order valence-electron chi connectivity index (χ0n) is 11.2. The van der Waals surface area contributed by atoms with Crippen LogP contribution in [0.5, 0.6) is 0 Å². The third-order valence-electron chi connectivity index (χ3n) is 2.93. The van der Waals surface area contributed by atoms with E-state index in [-0.39, 0.29) is 18.3 Å². The number of hydrogen-bond donors (Lipinski definition) is 1. The molecular formula is C14H18F4IN. The summed E-state index contributed by atoms with van der Waals surface area (Å²) in [5, 5.41) is 3.24. The van der Waals surface area contributed by atoms with Crippen molar-refractivity contribution in [2.45, 2.75) is 44.8 Å². The van der Waals surface area contributed by atoms with Gasteiger partial charge in [-0.1, -0.05) is 13.0 Å². The maximum Gasteiger partial charge on any atom is 0.389 e. The minimum absolute atomic E-state index is 0.0678. The lowest BCUT2D eigenvalue weighted by molar-refractivity contribution is -0.135. The summed E-state index contributed by atoms with van der Waals surface area (Å²) in [5.41, 5.74) is 0.864. The zero-order valence-corrected chi connectivity index (χ0v) is 13.4. The molecule has 6 heteroatoms. The van der Waals surface area contributed by atoms with E-state index in [4.69, 9.17) is 0 Å². The molecule has 0 saturated carbocycles. The zero-order chi connectivity index (χ0) is 15.2. The Balaban J connectivity index is 2.72. The van der Waals surface area contributed by atoms with Gasteiger partial charge >= 0.3 is 6.18 Å². The van der Waals surface area contributed by atoms with Crippen molar-refractivity contribution >= 4 is 22.6 Å². The van der Waals surface area contributed by atoms with Gasteiger partial charge in [-0.2, -0.15) is 13.2 Å². The van der Waals surface area contributed by atoms with Crippen LogP contribution in [0.4, 0.5) is 17.6 Å². The van der Waals surface area contributed by atoms with E-state index < -0.39 is 12.6 Å². The van der Waals surface area contributed by atoms with Crippen molar-refractivity contribution < 1.29 is 17.6 Å². The van der Waals surface area contributed by atoms with Gasteiger partial charge in [-0.15, -0.1) is 0 Å². The molecule has 0 aromatic heterocycles. The maximum absolute atomic E-state index is 13.1. The SMILES string of the molecule is CCCNC(CCCC(F)(F)F)c1ccc(F)cc1I. The summed E-state index contributed by atoms with van der Waals surface area (Å²) in [6.45, 7) is 2.72. The summed E-state index contributed by atoms with van der Waals surface area (Å²) < 4.78 is 50.5. The van der Waals surface area contributed by atoms with Crippen molar-refractivity contribution in [1.29, 1.82) is 0 Å². The second kappa shape index (κ2) is 8.17. The number of benzene rings is 1. The summed E-state index contributed by atoms with van der Waals surface area (Å²) in [6, 6.07) is 4.24. The highest BCUT2D eigenvalue weighted by molar-refractivity contribution is 14.1. The van der Waals surface area contributed by atoms with Gasteiger partial charge in [0.05, 0.1) is 0 Å². The molecule has 0 amide bonds. The molecule has 0 saturated heterocycles. The van der Waals surface area contributed by atoms with Crippen LogP contribution in [0.2, 0.25) is 0 Å². The van der Waals surface area contributed by atoms with Crippen LogP contribution in [0.15, 0.2) is 18.2 Å². The van der Waals surface area contributed by atoms with Gasteiger partial charge in [0.15, 0.2) is 0 Å². The lowest BCUT2D eigenvalue weighted by Gasteiger charge is -2.21. The van der Waals surface area contributed by atoms with E-state index in [0.717, 1.165) is 22.1 Å². The van der Waals surface area contributed by atoms with Crippen molar-refractivity contribution in [2.24, 2.45) is 0 Å². The van der Waals surface area contributed by atoms with Crippen LogP contribution < -0.4 is 5.32 Å². The minimum atomic E-state index is -4.12. The molecule has 0 spiro atoms. The smallest absolute Gasteiger partial charge is 0.310 e. The molecular weight excluding hydrogens is 385 g/mol. The summed E-state index contributed by atoms with van der Waals surface area (Å²) in [6.07, 6.45) is -3.55. The van der Waals surface area contributed by atoms with E-state index in [1.165, 1.54) is 12.1 Å². The van der Waals surface area contributed by atoms with Crippen LogP contribution in [0.1, 0.15) is 44.2 Å². The van der Waals surface area contributed by atoms with E-state index in [0.29, 0.717) is 6.42 Å². The average molecular weight is 403 g/mol. The first kappa shape index (κ1) is 17.7. The summed E-state index contributed by atoms with van der Waals surface area (Å²) in [7, 11) is 0. The van der Waals surface area contributed by atoms with Crippen LogP contribution in [0.25, 0.3) is 0 Å². The Bertz CT molecular complexity index is 420. The van der Waals surface area contributed by atoms with Crippen LogP contribution >= 0.6 is 22.6 Å². The first-order chi connectivity index (χ1) is 9.33. The van der Waals surface area contributed by atoms with Gasteiger partial charge in [0.25, 0.3) is 0 Å². The van der Waals surface area contributed by atoms with Crippen LogP contribution in [-0.2, 0) is 0 Å². The standard InChI is InChI=1S/C14H18F4IN/c1-2-8-20-13(4-3-7-14(16,17)18)11-6-5-10(15)9-12(11)19/h5-6,9,13,20H,2-4,7-8H2,1H3. The summed E-state index contributed by atoms with van der Waals surface area (Å²) in [5.74, 6) is -0.331. The summed E-state index contributed by atoms with van der Waals surface area (Å²) in [4.78, 5) is 0. The number of nitrogens with one attached hydrogen (secondary N) is 1. The van der Waals surface area contributed by atoms with Crippen molar-refractivity contribution in [2.75, 3.05) is 6.54 Å². The van der Waals surface area contributed by atoms with Crippen molar-refractivity contribution in [3.05, 3.63) is 33.1 Å². The lowest BCUT2D eigenvalue weighted by Crippen LogP contribution is -2.23. The molecule has 1 atom stereocenters. The van der Waals surface area contributed by atoms with E-state index >= 15 is 0 Å². The molecule has 0 aliphatic carbocycles. The predicted molar refractivity (Wildman–Crippen MR) is 80.1 cm³/mol. The lowest BCUT2D eigenvalue weighted by atomic mass is 10.0. The maximum atomic E-state index is 13.1. The van der Waals surface area contributed by atoms with Crippen molar-refractivity contribution in [1.82, 2.24) is 5.32 Å². The molecule has 1 nitrogen and oxygen atoms in total. The van der Waals surface area contributed by atoms with E-state index in [1.807, 2.05) is 29.5 Å². The predicted octanol–water partition coefficient (Wildman–Crippen LogP) is 5.20. The Morgan fingerprint density at radius 2 is 2.00 bits per heavy atom. The van der Waals surface area contributed by atoms with Crippen LogP contribution in [0.3, 0.4) is 0 Å². The molecule has 0 heterocycles. The highest BCUT2D eigenvalue weighted by Crippen LogP contribution is 2.28. The molecule has 0 radical (unpaired) electrons. The Labute approximate surface area is 130 Å². The molecule has 1 N–H and O–H groups in total. The highest BCUT2D eigenvalue weighted by atomic mass is 127. The Morgan fingerprint density at radius 3 is 2.55 bits per heavy atom. The number of halogens is 5. The molecule has 114 valence electrons. The van der Waals surface area contributed by atoms with E-state index in [1.54, 1.807) is 6.07 Å². The molecule has 20 heavy (non-hydrogen) atoms. The quantitative estimate of drug-likeness (QED) is 0.487. The van der Waals surface area contributed by atoms with Gasteiger partial charge in [-0.25, -0.2) is 4.39 Å². The first-order valence-corrected chi connectivity index (χ1v) is 7.66. The summed E-state index contributed by atoms with van der Waals surface area (Å²) >= 11 is 2.02. The molecule has 0 bridgehead atoms. The first-order valence-electron chi connectivity index (χ1n) is 6.58. The number of alkyl halides is 3. The molecule has 0 fully saturated rings. The normalized spacial score (nSPS) is 13.5. The second-order valence-electron chi connectivity index (χ2n) is 4.68. The fourth-order valence-corrected chi connectivity index (χ4v) is 2.83. The van der Waals surface area contributed by atoms with Gasteiger partial charge in [0.2, 0.25) is 0 Å². The van der Waals surface area contributed by atoms with Gasteiger partial charge in [0.1, 0.15) is 5.82 Å².